The van der Waals surface area contributed by atoms with Crippen LogP contribution in [0.15, 0.2) is 0 Å². The van der Waals surface area contributed by atoms with Gasteiger partial charge in [-0.1, -0.05) is 47.6 Å². The molecule has 0 radical (unpaired) electrons. The van der Waals surface area contributed by atoms with Gasteiger partial charge >= 0.3 is 0 Å². The number of aromatic nitrogens is 2. The van der Waals surface area contributed by atoms with Crippen LogP contribution in [0.4, 0.5) is 0 Å². The van der Waals surface area contributed by atoms with Gasteiger partial charge in [-0.15, -0.1) is 5.10 Å². The summed E-state index contributed by atoms with van der Waals surface area (Å²) < 4.78 is 3.94. The maximum Gasteiger partial charge on any atom is 0.264 e. The average molecular weight is 360 g/mol. The van der Waals surface area contributed by atoms with E-state index >= 15 is 0 Å². The summed E-state index contributed by atoms with van der Waals surface area (Å²) in [4.78, 5) is 13.0. The topological polar surface area (TPSA) is 54.9 Å². The Labute approximate surface area is 133 Å². The van der Waals surface area contributed by atoms with Gasteiger partial charge in [0.25, 0.3) is 5.91 Å². The predicted octanol–water partition coefficient (Wildman–Crippen LogP) is 3.38. The summed E-state index contributed by atoms with van der Waals surface area (Å²) in [6.07, 6.45) is 3.75. The first-order valence-corrected chi connectivity index (χ1v) is 9.00. The number of nitrogens with zero attached hydrogens (tertiary/aromatic N) is 2. The predicted molar refractivity (Wildman–Crippen MR) is 85.6 cm³/mol. The molecule has 1 amide bonds. The molecule has 4 nitrogen and oxygen atoms in total. The summed E-state index contributed by atoms with van der Waals surface area (Å²) in [7, 11) is 0. The van der Waals surface area contributed by atoms with E-state index in [4.69, 9.17) is 0 Å². The van der Waals surface area contributed by atoms with E-state index in [9.17, 15) is 4.79 Å². The highest BCUT2D eigenvalue weighted by Crippen LogP contribution is 2.32. The zero-order valence-corrected chi connectivity index (χ0v) is 14.7. The lowest BCUT2D eigenvalue weighted by Gasteiger charge is -2.19. The van der Waals surface area contributed by atoms with Crippen molar-refractivity contribution in [1.82, 2.24) is 14.9 Å². The number of hydrogen-bond donors (Lipinski definition) is 1. The third-order valence-corrected chi connectivity index (χ3v) is 5.50. The van der Waals surface area contributed by atoms with Crippen LogP contribution in [0.25, 0.3) is 0 Å². The summed E-state index contributed by atoms with van der Waals surface area (Å²) in [6.45, 7) is 6.92. The largest absolute Gasteiger partial charge is 0.351 e. The zero-order chi connectivity index (χ0) is 14.8. The Hall–Kier alpha value is -0.490. The molecule has 2 rings (SSSR count). The van der Waals surface area contributed by atoms with Crippen molar-refractivity contribution in [3.8, 4) is 0 Å². The standard InChI is InChI=1S/C14H22BrN3OS/c1-14(2,3)12-11(20-18-17-12)13(19)16-8-10-6-4-5-9(10)7-15/h9-10H,4-8H2,1-3H3,(H,16,19). The van der Waals surface area contributed by atoms with Gasteiger partial charge in [-0.2, -0.15) is 0 Å². The molecule has 1 aliphatic carbocycles. The number of rotatable bonds is 4. The number of carbonyl (C=O) groups is 1. The van der Waals surface area contributed by atoms with Gasteiger partial charge < -0.3 is 5.32 Å². The Morgan fingerprint density at radius 1 is 1.40 bits per heavy atom. The van der Waals surface area contributed by atoms with E-state index < -0.39 is 0 Å². The quantitative estimate of drug-likeness (QED) is 0.838. The van der Waals surface area contributed by atoms with Crippen LogP contribution in [0.5, 0.6) is 0 Å². The zero-order valence-electron chi connectivity index (χ0n) is 12.3. The van der Waals surface area contributed by atoms with Gasteiger partial charge in [0, 0.05) is 17.3 Å². The third-order valence-electron chi connectivity index (χ3n) is 3.94. The molecule has 20 heavy (non-hydrogen) atoms. The fourth-order valence-corrected chi connectivity index (χ4v) is 4.36. The molecule has 1 aliphatic rings. The summed E-state index contributed by atoms with van der Waals surface area (Å²) in [5, 5.41) is 8.22. The van der Waals surface area contributed by atoms with Crippen molar-refractivity contribution in [3.63, 3.8) is 0 Å². The smallest absolute Gasteiger partial charge is 0.264 e. The summed E-state index contributed by atoms with van der Waals surface area (Å²) in [5.41, 5.74) is 0.647. The first-order chi connectivity index (χ1) is 9.43. The first kappa shape index (κ1) is 15.9. The molecular weight excluding hydrogens is 338 g/mol. The molecule has 1 N–H and O–H groups in total. The van der Waals surface area contributed by atoms with E-state index in [0.29, 0.717) is 16.7 Å². The van der Waals surface area contributed by atoms with Crippen LogP contribution in [0.1, 0.15) is 55.4 Å². The normalized spacial score (nSPS) is 23.0. The van der Waals surface area contributed by atoms with Crippen LogP contribution < -0.4 is 5.32 Å². The lowest BCUT2D eigenvalue weighted by atomic mass is 9.91. The molecular formula is C14H22BrN3OS. The molecule has 1 aromatic rings. The van der Waals surface area contributed by atoms with Crippen molar-refractivity contribution in [1.29, 1.82) is 0 Å². The van der Waals surface area contributed by atoms with Gasteiger partial charge in [-0.05, 0) is 36.2 Å². The van der Waals surface area contributed by atoms with Crippen molar-refractivity contribution in [3.05, 3.63) is 10.6 Å². The van der Waals surface area contributed by atoms with Crippen molar-refractivity contribution in [2.24, 2.45) is 11.8 Å². The Bertz CT molecular complexity index is 469. The van der Waals surface area contributed by atoms with Gasteiger partial charge in [0.15, 0.2) is 0 Å². The summed E-state index contributed by atoms with van der Waals surface area (Å²) >= 11 is 4.76. The summed E-state index contributed by atoms with van der Waals surface area (Å²) in [6, 6.07) is 0. The minimum absolute atomic E-state index is 0.0230. The number of amides is 1. The Kier molecular flexibility index (Phi) is 5.18. The van der Waals surface area contributed by atoms with Crippen molar-refractivity contribution < 1.29 is 4.79 Å². The number of alkyl halides is 1. The molecule has 2 atom stereocenters. The SMILES string of the molecule is CC(C)(C)c1nnsc1C(=O)NCC1CCCC1CBr. The van der Waals surface area contributed by atoms with Gasteiger partial charge in [-0.25, -0.2) is 0 Å². The van der Waals surface area contributed by atoms with Gasteiger partial charge in [-0.3, -0.25) is 4.79 Å². The molecule has 0 saturated heterocycles. The minimum Gasteiger partial charge on any atom is -0.351 e. The molecule has 0 aromatic carbocycles. The minimum atomic E-state index is -0.147. The van der Waals surface area contributed by atoms with Crippen LogP contribution in [0.3, 0.4) is 0 Å². The monoisotopic (exact) mass is 359 g/mol. The van der Waals surface area contributed by atoms with E-state index in [1.807, 2.05) is 0 Å². The van der Waals surface area contributed by atoms with Crippen LogP contribution in [0, 0.1) is 11.8 Å². The van der Waals surface area contributed by atoms with Crippen molar-refractivity contribution in [2.45, 2.75) is 45.4 Å². The second kappa shape index (κ2) is 6.52. The Morgan fingerprint density at radius 3 is 2.75 bits per heavy atom. The van der Waals surface area contributed by atoms with E-state index in [0.717, 1.165) is 17.6 Å². The molecule has 1 aromatic heterocycles. The van der Waals surface area contributed by atoms with E-state index in [1.54, 1.807) is 0 Å². The number of halogens is 1. The second-order valence-corrected chi connectivity index (χ2v) is 7.92. The molecule has 0 aliphatic heterocycles. The van der Waals surface area contributed by atoms with E-state index in [1.165, 1.54) is 30.8 Å². The lowest BCUT2D eigenvalue weighted by Crippen LogP contribution is -2.32. The second-order valence-electron chi connectivity index (χ2n) is 6.52. The highest BCUT2D eigenvalue weighted by Gasteiger charge is 2.29. The van der Waals surface area contributed by atoms with Gasteiger partial charge in [0.2, 0.25) is 0 Å². The van der Waals surface area contributed by atoms with Crippen LogP contribution in [0.2, 0.25) is 0 Å². The van der Waals surface area contributed by atoms with Gasteiger partial charge in [0.05, 0.1) is 5.69 Å². The molecule has 6 heteroatoms. The van der Waals surface area contributed by atoms with Crippen molar-refractivity contribution in [2.75, 3.05) is 11.9 Å². The molecule has 1 fully saturated rings. The fourth-order valence-electron chi connectivity index (χ4n) is 2.72. The highest BCUT2D eigenvalue weighted by molar-refractivity contribution is 9.09. The van der Waals surface area contributed by atoms with E-state index in [-0.39, 0.29) is 11.3 Å². The maximum atomic E-state index is 12.3. The molecule has 1 heterocycles. The van der Waals surface area contributed by atoms with Crippen LogP contribution in [-0.2, 0) is 5.41 Å². The maximum absolute atomic E-state index is 12.3. The summed E-state index contributed by atoms with van der Waals surface area (Å²) in [5.74, 6) is 1.26. The van der Waals surface area contributed by atoms with Crippen LogP contribution in [-0.4, -0.2) is 27.4 Å². The number of nitrogens with one attached hydrogen (secondary N) is 1. The van der Waals surface area contributed by atoms with E-state index in [2.05, 4.69) is 51.6 Å². The Balaban J connectivity index is 1.97. The first-order valence-electron chi connectivity index (χ1n) is 7.10. The van der Waals surface area contributed by atoms with Gasteiger partial charge in [0.1, 0.15) is 4.88 Å². The molecule has 0 bridgehead atoms. The average Bonchev–Trinajstić information content (AvgIpc) is 3.03. The van der Waals surface area contributed by atoms with Crippen LogP contribution >= 0.6 is 27.5 Å². The lowest BCUT2D eigenvalue weighted by molar-refractivity contribution is 0.0946. The number of hydrogen-bond acceptors (Lipinski definition) is 4. The Morgan fingerprint density at radius 2 is 2.10 bits per heavy atom. The molecule has 0 spiro atoms. The molecule has 112 valence electrons. The third kappa shape index (κ3) is 3.58. The van der Waals surface area contributed by atoms with Crippen molar-refractivity contribution >= 4 is 33.4 Å². The molecule has 1 saturated carbocycles. The fraction of sp³-hybridized carbons (Fsp3) is 0.786. The number of carbonyl (C=O) groups excluding carboxylic acids is 1. The molecule has 2 unspecified atom stereocenters. The highest BCUT2D eigenvalue weighted by atomic mass is 79.9.